The van der Waals surface area contributed by atoms with E-state index in [0.717, 1.165) is 0 Å². The first-order valence-corrected chi connectivity index (χ1v) is 13.4. The molecule has 2 aromatic heterocycles. The highest BCUT2D eigenvalue weighted by molar-refractivity contribution is 9.18. The van der Waals surface area contributed by atoms with Gasteiger partial charge in [-0.15, -0.1) is 0 Å². The first-order valence-electron chi connectivity index (χ1n) is 11.1. The molecule has 0 bridgehead atoms. The standard InChI is InChI=1S/C11H10BrCl2N3O2.C11H11Cl2N3O3/c1-2-19-11(18)8-4-9(12)16-17(8)10-7(14)3-6(13)5-15-10;1-2-19-11(18)8-4-9(17)15-16(8)10-7(13)3-6(12)5-14-10/h3,5,8H,2,4H2,1H3;3,5,8H,2,4H2,1H3,(H,15,17). The molecular formula is C22H21BrCl4N6O5. The highest BCUT2D eigenvalue weighted by Crippen LogP contribution is 2.32. The zero-order valence-electron chi connectivity index (χ0n) is 20.0. The maximum Gasteiger partial charge on any atom is 0.331 e. The Bertz CT molecular complexity index is 1250. The molecule has 1 N–H and O–H groups in total. The van der Waals surface area contributed by atoms with Crippen LogP contribution in [0.5, 0.6) is 0 Å². The van der Waals surface area contributed by atoms with Gasteiger partial charge in [0.25, 0.3) is 0 Å². The van der Waals surface area contributed by atoms with E-state index in [0.29, 0.717) is 38.5 Å². The lowest BCUT2D eigenvalue weighted by atomic mass is 10.2. The summed E-state index contributed by atoms with van der Waals surface area (Å²) in [4.78, 5) is 43.3. The average molecular weight is 671 g/mol. The lowest BCUT2D eigenvalue weighted by Crippen LogP contribution is -2.43. The minimum absolute atomic E-state index is 0.000527. The van der Waals surface area contributed by atoms with Crippen molar-refractivity contribution in [3.63, 3.8) is 0 Å². The molecule has 16 heteroatoms. The van der Waals surface area contributed by atoms with Crippen LogP contribution in [0, 0.1) is 0 Å². The van der Waals surface area contributed by atoms with Crippen molar-refractivity contribution in [1.29, 1.82) is 0 Å². The fraction of sp³-hybridized carbons (Fsp3) is 0.364. The van der Waals surface area contributed by atoms with Crippen LogP contribution in [0.1, 0.15) is 26.7 Å². The molecule has 2 aliphatic heterocycles. The SMILES string of the molecule is CCOC(=O)C1CC(=O)NN1c1ncc(Cl)cc1Cl.CCOC(=O)C1CC(Br)=NN1c1ncc(Cl)cc1Cl. The third-order valence-corrected chi connectivity index (χ3v) is 6.40. The molecule has 1 saturated heterocycles. The smallest absolute Gasteiger partial charge is 0.331 e. The average Bonchev–Trinajstić information content (AvgIpc) is 3.42. The van der Waals surface area contributed by atoms with Gasteiger partial charge >= 0.3 is 11.9 Å². The van der Waals surface area contributed by atoms with Crippen molar-refractivity contribution in [3.05, 3.63) is 44.6 Å². The van der Waals surface area contributed by atoms with Gasteiger partial charge in [0, 0.05) is 18.8 Å². The number of hydrazine groups is 1. The number of esters is 2. The third kappa shape index (κ3) is 7.38. The first-order chi connectivity index (χ1) is 18.0. The van der Waals surface area contributed by atoms with Crippen LogP contribution in [0.2, 0.25) is 20.1 Å². The molecule has 1 fully saturated rings. The summed E-state index contributed by atoms with van der Waals surface area (Å²) in [6.07, 6.45) is 3.25. The normalized spacial score (nSPS) is 18.4. The van der Waals surface area contributed by atoms with Gasteiger partial charge in [0.05, 0.1) is 39.7 Å². The van der Waals surface area contributed by atoms with E-state index in [1.807, 2.05) is 0 Å². The summed E-state index contributed by atoms with van der Waals surface area (Å²) in [6, 6.07) is 1.69. The number of carbonyl (C=O) groups excluding carboxylic acids is 3. The van der Waals surface area contributed by atoms with E-state index in [1.165, 1.54) is 28.5 Å². The lowest BCUT2D eigenvalue weighted by molar-refractivity contribution is -0.145. The monoisotopic (exact) mass is 668 g/mol. The third-order valence-electron chi connectivity index (χ3n) is 4.95. The van der Waals surface area contributed by atoms with Gasteiger partial charge < -0.3 is 9.47 Å². The van der Waals surface area contributed by atoms with Crippen LogP contribution in [0.15, 0.2) is 29.6 Å². The summed E-state index contributed by atoms with van der Waals surface area (Å²) in [5, 5.41) is 8.31. The number of nitrogens with zero attached hydrogens (tertiary/aromatic N) is 5. The van der Waals surface area contributed by atoms with E-state index in [4.69, 9.17) is 55.9 Å². The maximum absolute atomic E-state index is 11.9. The van der Waals surface area contributed by atoms with Crippen molar-refractivity contribution in [3.8, 4) is 0 Å². The van der Waals surface area contributed by atoms with Crippen LogP contribution >= 0.6 is 62.3 Å². The minimum Gasteiger partial charge on any atom is -0.464 e. The van der Waals surface area contributed by atoms with E-state index in [1.54, 1.807) is 19.9 Å². The number of hydrogen-bond donors (Lipinski definition) is 1. The summed E-state index contributed by atoms with van der Waals surface area (Å²) in [5.41, 5.74) is 2.52. The largest absolute Gasteiger partial charge is 0.464 e. The highest BCUT2D eigenvalue weighted by Gasteiger charge is 2.39. The molecule has 2 aromatic rings. The van der Waals surface area contributed by atoms with Gasteiger partial charge in [-0.3, -0.25) is 15.2 Å². The van der Waals surface area contributed by atoms with E-state index in [9.17, 15) is 14.4 Å². The molecule has 2 atom stereocenters. The molecule has 0 aliphatic carbocycles. The molecule has 0 aromatic carbocycles. The number of halogens is 5. The Morgan fingerprint density at radius 1 is 0.947 bits per heavy atom. The van der Waals surface area contributed by atoms with Gasteiger partial charge in [0.1, 0.15) is 4.62 Å². The molecule has 38 heavy (non-hydrogen) atoms. The van der Waals surface area contributed by atoms with Gasteiger partial charge in [-0.25, -0.2) is 24.6 Å². The van der Waals surface area contributed by atoms with Crippen molar-refractivity contribution >= 4 is 96.4 Å². The second-order valence-corrected chi connectivity index (χ2v) is 10.2. The minimum atomic E-state index is -0.779. The second-order valence-electron chi connectivity index (χ2n) is 7.59. The fourth-order valence-electron chi connectivity index (χ4n) is 3.40. The predicted octanol–water partition coefficient (Wildman–Crippen LogP) is 4.80. The van der Waals surface area contributed by atoms with Crippen molar-refractivity contribution in [1.82, 2.24) is 15.4 Å². The quantitative estimate of drug-likeness (QED) is 0.432. The molecule has 2 unspecified atom stereocenters. The predicted molar refractivity (Wildman–Crippen MR) is 148 cm³/mol. The lowest BCUT2D eigenvalue weighted by Gasteiger charge is -2.23. The van der Waals surface area contributed by atoms with Crippen molar-refractivity contribution in [2.45, 2.75) is 38.8 Å². The number of pyridine rings is 2. The van der Waals surface area contributed by atoms with E-state index in [2.05, 4.69) is 36.4 Å². The number of hydrogen-bond acceptors (Lipinski definition) is 10. The summed E-state index contributed by atoms with van der Waals surface area (Å²) in [6.45, 7) is 3.99. The van der Waals surface area contributed by atoms with E-state index < -0.39 is 18.1 Å². The number of amides is 1. The summed E-state index contributed by atoms with van der Waals surface area (Å²) in [5.74, 6) is -0.540. The number of ether oxygens (including phenoxy) is 2. The summed E-state index contributed by atoms with van der Waals surface area (Å²) < 4.78 is 10.6. The molecule has 4 rings (SSSR count). The molecule has 11 nitrogen and oxygen atoms in total. The molecule has 2 aliphatic rings. The molecule has 4 heterocycles. The van der Waals surface area contributed by atoms with Crippen molar-refractivity contribution < 1.29 is 23.9 Å². The van der Waals surface area contributed by atoms with Crippen LogP contribution in [0.3, 0.4) is 0 Å². The van der Waals surface area contributed by atoms with Gasteiger partial charge in [0.15, 0.2) is 23.7 Å². The summed E-state index contributed by atoms with van der Waals surface area (Å²) >= 11 is 26.9. The second kappa shape index (κ2) is 13.6. The van der Waals surface area contributed by atoms with Crippen LogP contribution in [0.4, 0.5) is 11.6 Å². The Balaban J connectivity index is 0.000000211. The van der Waals surface area contributed by atoms with Crippen LogP contribution in [-0.4, -0.2) is 57.7 Å². The van der Waals surface area contributed by atoms with Gasteiger partial charge in [-0.2, -0.15) is 5.10 Å². The number of carbonyl (C=O) groups is 3. The molecule has 204 valence electrons. The van der Waals surface area contributed by atoms with E-state index >= 15 is 0 Å². The number of aromatic nitrogens is 2. The van der Waals surface area contributed by atoms with Gasteiger partial charge in [-0.1, -0.05) is 46.4 Å². The Labute approximate surface area is 246 Å². The summed E-state index contributed by atoms with van der Waals surface area (Å²) in [7, 11) is 0. The Hall–Kier alpha value is -2.38. The van der Waals surface area contributed by atoms with Crippen LogP contribution in [-0.2, 0) is 23.9 Å². The molecule has 0 saturated carbocycles. The topological polar surface area (TPSA) is 126 Å². The Morgan fingerprint density at radius 2 is 1.47 bits per heavy atom. The van der Waals surface area contributed by atoms with Gasteiger partial charge in [0.2, 0.25) is 5.91 Å². The molecule has 0 radical (unpaired) electrons. The first kappa shape index (κ1) is 30.2. The molecular weight excluding hydrogens is 650 g/mol. The highest BCUT2D eigenvalue weighted by atomic mass is 79.9. The van der Waals surface area contributed by atoms with E-state index in [-0.39, 0.29) is 35.7 Å². The Kier molecular flexibility index (Phi) is 10.8. The zero-order chi connectivity index (χ0) is 28.0. The van der Waals surface area contributed by atoms with Crippen molar-refractivity contribution in [2.24, 2.45) is 5.10 Å². The van der Waals surface area contributed by atoms with Gasteiger partial charge in [-0.05, 0) is 41.9 Å². The zero-order valence-corrected chi connectivity index (χ0v) is 24.6. The number of hydrazone groups is 1. The van der Waals surface area contributed by atoms with Crippen molar-refractivity contribution in [2.75, 3.05) is 23.2 Å². The molecule has 1 amide bonds. The van der Waals surface area contributed by atoms with Crippen LogP contribution < -0.4 is 15.4 Å². The molecule has 0 spiro atoms. The fourth-order valence-corrected chi connectivity index (χ4v) is 4.82. The van der Waals surface area contributed by atoms with Crippen LogP contribution in [0.25, 0.3) is 0 Å². The maximum atomic E-state index is 11.9. The Morgan fingerprint density at radius 3 is 2.00 bits per heavy atom. The number of rotatable bonds is 6. The number of nitrogens with one attached hydrogen (secondary N) is 1. The number of anilines is 2.